The van der Waals surface area contributed by atoms with Crippen molar-refractivity contribution in [3.8, 4) is 0 Å². The molecule has 3 N–H and O–H groups in total. The number of urea groups is 1. The lowest BCUT2D eigenvalue weighted by Crippen LogP contribution is -2.49. The number of aliphatic hydroxyl groups is 1. The Morgan fingerprint density at radius 2 is 2.29 bits per heavy atom. The molecular weight excluding hydrogens is 220 g/mol. The van der Waals surface area contributed by atoms with E-state index < -0.39 is 0 Å². The molecule has 1 rings (SSSR count). The van der Waals surface area contributed by atoms with Gasteiger partial charge in [-0.3, -0.25) is 0 Å². The molecule has 3 atom stereocenters. The van der Waals surface area contributed by atoms with Crippen molar-refractivity contribution in [3.05, 3.63) is 0 Å². The Balaban J connectivity index is 2.31. The van der Waals surface area contributed by atoms with Crippen LogP contribution in [-0.2, 0) is 4.74 Å². The molecule has 17 heavy (non-hydrogen) atoms. The largest absolute Gasteiger partial charge is 0.396 e. The molecular formula is C12H24N2O3. The van der Waals surface area contributed by atoms with E-state index in [2.05, 4.69) is 10.6 Å². The van der Waals surface area contributed by atoms with Crippen molar-refractivity contribution in [2.45, 2.75) is 57.7 Å². The molecule has 2 unspecified atom stereocenters. The van der Waals surface area contributed by atoms with Gasteiger partial charge in [-0.2, -0.15) is 0 Å². The molecule has 0 aromatic carbocycles. The van der Waals surface area contributed by atoms with Crippen LogP contribution >= 0.6 is 0 Å². The third-order valence-electron chi connectivity index (χ3n) is 3.11. The standard InChI is InChI=1S/C12H24N2O3/c1-3-10(11-5-4-8-17-11)14-12(16)13-9(2)6-7-15/h9-11,15H,3-8H2,1-2H3,(H2,13,14,16)/t9-,10?,11?/m1/s1. The van der Waals surface area contributed by atoms with E-state index in [0.717, 1.165) is 25.9 Å². The Hall–Kier alpha value is -0.810. The van der Waals surface area contributed by atoms with Gasteiger partial charge in [0, 0.05) is 19.3 Å². The molecule has 100 valence electrons. The van der Waals surface area contributed by atoms with E-state index >= 15 is 0 Å². The van der Waals surface area contributed by atoms with Crippen LogP contribution in [0.3, 0.4) is 0 Å². The molecule has 5 heteroatoms. The van der Waals surface area contributed by atoms with Gasteiger partial charge in [0.1, 0.15) is 0 Å². The molecule has 5 nitrogen and oxygen atoms in total. The van der Waals surface area contributed by atoms with Crippen LogP contribution < -0.4 is 10.6 Å². The number of aliphatic hydroxyl groups excluding tert-OH is 1. The first-order valence-corrected chi connectivity index (χ1v) is 6.46. The highest BCUT2D eigenvalue weighted by Gasteiger charge is 2.26. The lowest BCUT2D eigenvalue weighted by atomic mass is 10.1. The summed E-state index contributed by atoms with van der Waals surface area (Å²) in [6.07, 6.45) is 3.69. The fourth-order valence-electron chi connectivity index (χ4n) is 2.08. The molecule has 0 aromatic heterocycles. The van der Waals surface area contributed by atoms with E-state index in [1.165, 1.54) is 0 Å². The van der Waals surface area contributed by atoms with Crippen molar-refractivity contribution in [3.63, 3.8) is 0 Å². The van der Waals surface area contributed by atoms with Crippen molar-refractivity contribution in [1.82, 2.24) is 10.6 Å². The van der Waals surface area contributed by atoms with Crippen molar-refractivity contribution < 1.29 is 14.6 Å². The Morgan fingerprint density at radius 1 is 1.53 bits per heavy atom. The van der Waals surface area contributed by atoms with Crippen LogP contribution in [0.1, 0.15) is 39.5 Å². The second-order valence-electron chi connectivity index (χ2n) is 4.60. The minimum Gasteiger partial charge on any atom is -0.396 e. The number of nitrogens with one attached hydrogen (secondary N) is 2. The molecule has 0 spiro atoms. The number of hydrogen-bond acceptors (Lipinski definition) is 3. The molecule has 0 aliphatic carbocycles. The molecule has 0 bridgehead atoms. The monoisotopic (exact) mass is 244 g/mol. The number of ether oxygens (including phenoxy) is 1. The summed E-state index contributed by atoms with van der Waals surface area (Å²) in [7, 11) is 0. The molecule has 1 saturated heterocycles. The van der Waals surface area contributed by atoms with Crippen molar-refractivity contribution in [1.29, 1.82) is 0 Å². The zero-order valence-corrected chi connectivity index (χ0v) is 10.7. The fraction of sp³-hybridized carbons (Fsp3) is 0.917. The maximum atomic E-state index is 11.7. The summed E-state index contributed by atoms with van der Waals surface area (Å²) in [5.74, 6) is 0. The minimum atomic E-state index is -0.173. The van der Waals surface area contributed by atoms with E-state index in [0.29, 0.717) is 6.42 Å². The molecule has 1 aliphatic heterocycles. The van der Waals surface area contributed by atoms with Crippen molar-refractivity contribution >= 4 is 6.03 Å². The maximum Gasteiger partial charge on any atom is 0.315 e. The lowest BCUT2D eigenvalue weighted by Gasteiger charge is -2.24. The summed E-state index contributed by atoms with van der Waals surface area (Å²) in [6.45, 7) is 4.81. The van der Waals surface area contributed by atoms with Crippen LogP contribution in [0.2, 0.25) is 0 Å². The summed E-state index contributed by atoms with van der Waals surface area (Å²) in [6, 6.07) is -0.103. The topological polar surface area (TPSA) is 70.6 Å². The van der Waals surface area contributed by atoms with Gasteiger partial charge in [0.2, 0.25) is 0 Å². The summed E-state index contributed by atoms with van der Waals surface area (Å²) >= 11 is 0. The zero-order chi connectivity index (χ0) is 12.7. The quantitative estimate of drug-likeness (QED) is 0.653. The summed E-state index contributed by atoms with van der Waals surface area (Å²) in [5.41, 5.74) is 0. The normalized spacial score (nSPS) is 23.1. The average Bonchev–Trinajstić information content (AvgIpc) is 2.79. The Morgan fingerprint density at radius 3 is 2.82 bits per heavy atom. The summed E-state index contributed by atoms with van der Waals surface area (Å²) in [5, 5.41) is 14.5. The van der Waals surface area contributed by atoms with E-state index in [1.54, 1.807) is 0 Å². The van der Waals surface area contributed by atoms with Gasteiger partial charge in [-0.15, -0.1) is 0 Å². The number of carbonyl (C=O) groups excluding carboxylic acids is 1. The van der Waals surface area contributed by atoms with Crippen LogP contribution in [0.25, 0.3) is 0 Å². The average molecular weight is 244 g/mol. The van der Waals surface area contributed by atoms with Crippen LogP contribution in [0.5, 0.6) is 0 Å². The zero-order valence-electron chi connectivity index (χ0n) is 10.7. The highest BCUT2D eigenvalue weighted by molar-refractivity contribution is 5.74. The van der Waals surface area contributed by atoms with Crippen LogP contribution in [0.4, 0.5) is 4.79 Å². The summed E-state index contributed by atoms with van der Waals surface area (Å²) in [4.78, 5) is 11.7. The van der Waals surface area contributed by atoms with Gasteiger partial charge < -0.3 is 20.5 Å². The molecule has 2 amide bonds. The highest BCUT2D eigenvalue weighted by atomic mass is 16.5. The van der Waals surface area contributed by atoms with Crippen molar-refractivity contribution in [2.75, 3.05) is 13.2 Å². The number of carbonyl (C=O) groups is 1. The summed E-state index contributed by atoms with van der Waals surface area (Å²) < 4.78 is 5.58. The van der Waals surface area contributed by atoms with Gasteiger partial charge in [-0.05, 0) is 32.6 Å². The van der Waals surface area contributed by atoms with E-state index in [4.69, 9.17) is 9.84 Å². The minimum absolute atomic E-state index is 0.0120. The second-order valence-corrected chi connectivity index (χ2v) is 4.60. The Labute approximate surface area is 103 Å². The Kier molecular flexibility index (Phi) is 6.29. The molecule has 1 fully saturated rings. The van der Waals surface area contributed by atoms with Crippen LogP contribution in [0, 0.1) is 0 Å². The molecule has 0 saturated carbocycles. The first-order valence-electron chi connectivity index (χ1n) is 6.46. The van der Waals surface area contributed by atoms with Gasteiger partial charge in [0.25, 0.3) is 0 Å². The number of hydrogen-bond donors (Lipinski definition) is 3. The predicted octanol–water partition coefficient (Wildman–Crippen LogP) is 1.01. The SMILES string of the molecule is CCC(NC(=O)N[C@H](C)CCO)C1CCCO1. The van der Waals surface area contributed by atoms with Gasteiger partial charge in [-0.1, -0.05) is 6.92 Å². The maximum absolute atomic E-state index is 11.7. The molecule has 0 aromatic rings. The van der Waals surface area contributed by atoms with E-state index in [1.807, 2.05) is 13.8 Å². The number of amides is 2. The fourth-order valence-corrected chi connectivity index (χ4v) is 2.08. The van der Waals surface area contributed by atoms with Gasteiger partial charge in [-0.25, -0.2) is 4.79 Å². The van der Waals surface area contributed by atoms with Gasteiger partial charge in [0.05, 0.1) is 12.1 Å². The second kappa shape index (κ2) is 7.50. The van der Waals surface area contributed by atoms with E-state index in [-0.39, 0.29) is 30.8 Å². The Bertz CT molecular complexity index is 230. The van der Waals surface area contributed by atoms with E-state index in [9.17, 15) is 4.79 Å². The smallest absolute Gasteiger partial charge is 0.315 e. The lowest BCUT2D eigenvalue weighted by molar-refractivity contribution is 0.0794. The van der Waals surface area contributed by atoms with Gasteiger partial charge >= 0.3 is 6.03 Å². The molecule has 1 heterocycles. The van der Waals surface area contributed by atoms with Gasteiger partial charge in [0.15, 0.2) is 0 Å². The third-order valence-corrected chi connectivity index (χ3v) is 3.11. The third kappa shape index (κ3) is 4.91. The highest BCUT2D eigenvalue weighted by Crippen LogP contribution is 2.17. The molecule has 1 aliphatic rings. The number of rotatable bonds is 6. The first kappa shape index (κ1) is 14.3. The first-order chi connectivity index (χ1) is 8.17. The van der Waals surface area contributed by atoms with Crippen molar-refractivity contribution in [2.24, 2.45) is 0 Å². The van der Waals surface area contributed by atoms with Crippen LogP contribution in [-0.4, -0.2) is 42.5 Å². The van der Waals surface area contributed by atoms with Crippen LogP contribution in [0.15, 0.2) is 0 Å². The predicted molar refractivity (Wildman–Crippen MR) is 65.9 cm³/mol. The molecule has 0 radical (unpaired) electrons.